The van der Waals surface area contributed by atoms with Crippen molar-refractivity contribution in [1.29, 1.82) is 0 Å². The molecule has 0 aromatic heterocycles. The van der Waals surface area contributed by atoms with E-state index in [1.165, 1.54) is 6.07 Å². The Morgan fingerprint density at radius 2 is 1.67 bits per heavy atom. The van der Waals surface area contributed by atoms with Crippen molar-refractivity contribution in [2.75, 3.05) is 10.6 Å². The minimum absolute atomic E-state index is 0.0159. The van der Waals surface area contributed by atoms with Crippen molar-refractivity contribution in [3.05, 3.63) is 57.3 Å². The number of amides is 3. The molecule has 0 aliphatic heterocycles. The smallest absolute Gasteiger partial charge is 0.326 e. The Balaban J connectivity index is 1.79. The minimum Gasteiger partial charge on any atom is -0.480 e. The van der Waals surface area contributed by atoms with Crippen molar-refractivity contribution in [2.24, 2.45) is 5.92 Å². The normalized spacial score (nSPS) is 14.9. The lowest BCUT2D eigenvalue weighted by molar-refractivity contribution is -0.141. The van der Waals surface area contributed by atoms with Crippen LogP contribution < -0.4 is 16.0 Å². The van der Waals surface area contributed by atoms with E-state index in [1.54, 1.807) is 0 Å². The molecule has 7 nitrogen and oxygen atoms in total. The second kappa shape index (κ2) is 10.8. The van der Waals surface area contributed by atoms with Crippen LogP contribution in [-0.4, -0.2) is 29.1 Å². The summed E-state index contributed by atoms with van der Waals surface area (Å²) in [5.74, 6) is -2.59. The van der Waals surface area contributed by atoms with Crippen LogP contribution in [0.1, 0.15) is 53.6 Å². The summed E-state index contributed by atoms with van der Waals surface area (Å²) in [6.45, 7) is 3.68. The summed E-state index contributed by atoms with van der Waals surface area (Å²) in [7, 11) is 0. The van der Waals surface area contributed by atoms with E-state index in [9.17, 15) is 23.9 Å². The van der Waals surface area contributed by atoms with Crippen LogP contribution in [0.3, 0.4) is 0 Å². The quantitative estimate of drug-likeness (QED) is 0.397. The van der Waals surface area contributed by atoms with Crippen molar-refractivity contribution in [3.63, 3.8) is 0 Å². The average Bonchev–Trinajstić information content (AvgIpc) is 2.75. The summed E-state index contributed by atoms with van der Waals surface area (Å²) in [5, 5.41) is 17.5. The lowest BCUT2D eigenvalue weighted by Gasteiger charge is -2.28. The number of urea groups is 1. The Hall–Kier alpha value is -2.94. The average molecular weight is 520 g/mol. The molecule has 1 atom stereocenters. The molecule has 1 saturated carbocycles. The molecule has 3 rings (SSSR count). The van der Waals surface area contributed by atoms with Crippen LogP contribution in [0.5, 0.6) is 0 Å². The van der Waals surface area contributed by atoms with Gasteiger partial charge in [-0.1, -0.05) is 35.2 Å². The zero-order valence-corrected chi connectivity index (χ0v) is 20.1. The molecule has 1 fully saturated rings. The molecule has 1 aliphatic carbocycles. The zero-order chi connectivity index (χ0) is 24.1. The van der Waals surface area contributed by atoms with E-state index in [4.69, 9.17) is 0 Å². The zero-order valence-electron chi connectivity index (χ0n) is 18.5. The number of nitrogens with one attached hydrogen (secondary N) is 3. The van der Waals surface area contributed by atoms with Crippen molar-refractivity contribution in [2.45, 2.75) is 52.0 Å². The fraction of sp³-hybridized carbons (Fsp3) is 0.375. The van der Waals surface area contributed by atoms with Gasteiger partial charge in [0.05, 0.1) is 11.3 Å². The van der Waals surface area contributed by atoms with E-state index in [0.717, 1.165) is 59.8 Å². The van der Waals surface area contributed by atoms with Crippen LogP contribution in [0.2, 0.25) is 0 Å². The predicted molar refractivity (Wildman–Crippen MR) is 128 cm³/mol. The number of carboxylic acids is 1. The van der Waals surface area contributed by atoms with Crippen LogP contribution >= 0.6 is 15.9 Å². The summed E-state index contributed by atoms with van der Waals surface area (Å²) < 4.78 is 14.8. The molecule has 33 heavy (non-hydrogen) atoms. The predicted octanol–water partition coefficient (Wildman–Crippen LogP) is 5.61. The first kappa shape index (κ1) is 24.7. The number of carbonyl (C=O) groups excluding carboxylic acids is 2. The van der Waals surface area contributed by atoms with Gasteiger partial charge in [0, 0.05) is 10.2 Å². The van der Waals surface area contributed by atoms with E-state index in [2.05, 4.69) is 31.9 Å². The largest absolute Gasteiger partial charge is 0.480 e. The van der Waals surface area contributed by atoms with E-state index in [0.29, 0.717) is 5.69 Å². The molecule has 2 aromatic carbocycles. The van der Waals surface area contributed by atoms with Gasteiger partial charge in [0.1, 0.15) is 11.9 Å². The van der Waals surface area contributed by atoms with Crippen molar-refractivity contribution in [3.8, 4) is 0 Å². The summed E-state index contributed by atoms with van der Waals surface area (Å²) in [6.07, 6.45) is 4.33. The lowest BCUT2D eigenvalue weighted by Crippen LogP contribution is -2.46. The maximum absolute atomic E-state index is 13.9. The number of carboxylic acid groups (broad SMARTS) is 1. The maximum atomic E-state index is 13.9. The number of carbonyl (C=O) groups is 3. The number of aliphatic carboxylic acids is 1. The molecule has 1 aliphatic rings. The monoisotopic (exact) mass is 519 g/mol. The van der Waals surface area contributed by atoms with Gasteiger partial charge in [-0.05, 0) is 74.1 Å². The number of hydrogen-bond donors (Lipinski definition) is 4. The number of anilines is 2. The first-order chi connectivity index (χ1) is 15.7. The molecular weight excluding hydrogens is 493 g/mol. The van der Waals surface area contributed by atoms with Gasteiger partial charge in [-0.15, -0.1) is 0 Å². The highest BCUT2D eigenvalue weighted by molar-refractivity contribution is 9.10. The standard InChI is InChI=1S/C24H27BrFN3O4/c1-13-10-16(25)11-14(2)20(13)29-24(33)27-19-12-17(26)8-9-18(19)22(30)28-21(23(31)32)15-6-4-3-5-7-15/h8-12,15,21H,3-7H2,1-2H3,(H,28,30)(H,31,32)(H2,27,29,33)/t21-/m0/s1. The van der Waals surface area contributed by atoms with Crippen molar-refractivity contribution < 1.29 is 23.9 Å². The third-order valence-electron chi connectivity index (χ3n) is 5.88. The second-order valence-corrected chi connectivity index (χ2v) is 9.29. The molecular formula is C24H27BrFN3O4. The highest BCUT2D eigenvalue weighted by Gasteiger charge is 2.31. The third kappa shape index (κ3) is 6.31. The number of benzene rings is 2. The molecule has 4 N–H and O–H groups in total. The molecule has 0 bridgehead atoms. The summed E-state index contributed by atoms with van der Waals surface area (Å²) >= 11 is 3.40. The molecule has 0 unspecified atom stereocenters. The maximum Gasteiger partial charge on any atom is 0.326 e. The van der Waals surface area contributed by atoms with Crippen molar-refractivity contribution >= 4 is 45.2 Å². The molecule has 0 spiro atoms. The van der Waals surface area contributed by atoms with Crippen LogP contribution in [0.25, 0.3) is 0 Å². The third-order valence-corrected chi connectivity index (χ3v) is 6.34. The summed E-state index contributed by atoms with van der Waals surface area (Å²) in [5.41, 5.74) is 2.18. The van der Waals surface area contributed by atoms with E-state index in [-0.39, 0.29) is 17.2 Å². The first-order valence-electron chi connectivity index (χ1n) is 10.8. The Morgan fingerprint density at radius 1 is 1.03 bits per heavy atom. The van der Waals surface area contributed by atoms with Crippen molar-refractivity contribution in [1.82, 2.24) is 5.32 Å². The van der Waals surface area contributed by atoms with Gasteiger partial charge < -0.3 is 21.1 Å². The van der Waals surface area contributed by atoms with Gasteiger partial charge >= 0.3 is 12.0 Å². The van der Waals surface area contributed by atoms with Gasteiger partial charge in [-0.3, -0.25) is 4.79 Å². The Morgan fingerprint density at radius 3 is 2.27 bits per heavy atom. The van der Waals surface area contributed by atoms with Crippen LogP contribution in [0.4, 0.5) is 20.6 Å². The highest BCUT2D eigenvalue weighted by atomic mass is 79.9. The minimum atomic E-state index is -1.11. The molecule has 3 amide bonds. The van der Waals surface area contributed by atoms with Gasteiger partial charge in [0.25, 0.3) is 5.91 Å². The number of halogens is 2. The fourth-order valence-electron chi connectivity index (χ4n) is 4.26. The number of aryl methyl sites for hydroxylation is 2. The Kier molecular flexibility index (Phi) is 8.07. The summed E-state index contributed by atoms with van der Waals surface area (Å²) in [4.78, 5) is 37.4. The molecule has 9 heteroatoms. The SMILES string of the molecule is Cc1cc(Br)cc(C)c1NC(=O)Nc1cc(F)ccc1C(=O)N[C@H](C(=O)O)C1CCCCC1. The fourth-order valence-corrected chi connectivity index (χ4v) is 4.95. The van der Waals surface area contributed by atoms with Gasteiger partial charge in [-0.2, -0.15) is 0 Å². The molecule has 2 aromatic rings. The first-order valence-corrected chi connectivity index (χ1v) is 11.6. The highest BCUT2D eigenvalue weighted by Crippen LogP contribution is 2.28. The van der Waals surface area contributed by atoms with Crippen LogP contribution in [0.15, 0.2) is 34.8 Å². The summed E-state index contributed by atoms with van der Waals surface area (Å²) in [6, 6.07) is 5.37. The second-order valence-electron chi connectivity index (χ2n) is 8.37. The number of hydrogen-bond acceptors (Lipinski definition) is 3. The van der Waals surface area contributed by atoms with E-state index in [1.807, 2.05) is 26.0 Å². The molecule has 0 saturated heterocycles. The number of rotatable bonds is 6. The van der Waals surface area contributed by atoms with Crippen LogP contribution in [0, 0.1) is 25.6 Å². The van der Waals surface area contributed by atoms with Gasteiger partial charge in [0.2, 0.25) is 0 Å². The molecule has 0 heterocycles. The van der Waals surface area contributed by atoms with Crippen LogP contribution in [-0.2, 0) is 4.79 Å². The van der Waals surface area contributed by atoms with Gasteiger partial charge in [-0.25, -0.2) is 14.0 Å². The van der Waals surface area contributed by atoms with Gasteiger partial charge in [0.15, 0.2) is 0 Å². The lowest BCUT2D eigenvalue weighted by atomic mass is 9.84. The van der Waals surface area contributed by atoms with E-state index >= 15 is 0 Å². The topological polar surface area (TPSA) is 108 Å². The van der Waals surface area contributed by atoms with E-state index < -0.39 is 29.8 Å². The Bertz CT molecular complexity index is 1050. The molecule has 0 radical (unpaired) electrons. The molecule has 176 valence electrons. The Labute approximate surface area is 200 Å².